The lowest BCUT2D eigenvalue weighted by Crippen LogP contribution is -2.37. The number of hydrogen-bond donors (Lipinski definition) is 3. The quantitative estimate of drug-likeness (QED) is 0.793. The zero-order valence-electron chi connectivity index (χ0n) is 12.1. The number of nitrogens with zero attached hydrogens (tertiary/aromatic N) is 1. The Bertz CT molecular complexity index is 595. The molecule has 0 saturated carbocycles. The van der Waals surface area contributed by atoms with Crippen LogP contribution in [0, 0.1) is 13.8 Å². The van der Waals surface area contributed by atoms with Crippen molar-refractivity contribution in [1.82, 2.24) is 15.6 Å². The van der Waals surface area contributed by atoms with Gasteiger partial charge in [-0.3, -0.25) is 0 Å². The Balaban J connectivity index is 1.74. The van der Waals surface area contributed by atoms with E-state index in [0.717, 1.165) is 21.8 Å². The molecule has 1 aromatic carbocycles. The van der Waals surface area contributed by atoms with Gasteiger partial charge in [0.1, 0.15) is 0 Å². The lowest BCUT2D eigenvalue weighted by Gasteiger charge is -2.13. The van der Waals surface area contributed by atoms with Crippen molar-refractivity contribution in [3.8, 4) is 0 Å². The van der Waals surface area contributed by atoms with Gasteiger partial charge in [-0.25, -0.2) is 9.78 Å². The number of aromatic nitrogens is 1. The fraction of sp³-hybridized carbons (Fsp3) is 0.333. The maximum atomic E-state index is 11.7. The zero-order valence-corrected chi connectivity index (χ0v) is 12.9. The van der Waals surface area contributed by atoms with Gasteiger partial charge in [-0.2, -0.15) is 0 Å². The van der Waals surface area contributed by atoms with Crippen LogP contribution in [0.1, 0.15) is 27.9 Å². The molecule has 3 N–H and O–H groups in total. The molecule has 0 unspecified atom stereocenters. The van der Waals surface area contributed by atoms with Crippen LogP contribution in [-0.2, 0) is 6.54 Å². The molecule has 0 radical (unpaired) electrons. The third-order valence-corrected chi connectivity index (χ3v) is 3.84. The van der Waals surface area contributed by atoms with E-state index in [-0.39, 0.29) is 12.6 Å². The minimum atomic E-state index is -0.710. The highest BCUT2D eigenvalue weighted by Gasteiger charge is 2.09. The summed E-state index contributed by atoms with van der Waals surface area (Å²) in [7, 11) is 0. The summed E-state index contributed by atoms with van der Waals surface area (Å²) in [6, 6.07) is 7.27. The minimum absolute atomic E-state index is 0.172. The molecule has 112 valence electrons. The standard InChI is InChI=1S/C15H19N3O2S/c1-10-3-5-12(6-4-10)14(19)8-17-15(20)16-7-13-9-21-11(2)18-13/h3-6,9,14,19H,7-8H2,1-2H3,(H2,16,17,20)/t14-/m0/s1. The average molecular weight is 305 g/mol. The van der Waals surface area contributed by atoms with E-state index in [1.54, 1.807) is 11.3 Å². The van der Waals surface area contributed by atoms with E-state index in [1.807, 2.05) is 43.5 Å². The van der Waals surface area contributed by atoms with Crippen molar-refractivity contribution in [1.29, 1.82) is 0 Å². The minimum Gasteiger partial charge on any atom is -0.387 e. The fourth-order valence-electron chi connectivity index (χ4n) is 1.82. The van der Waals surface area contributed by atoms with Crippen LogP contribution in [0.5, 0.6) is 0 Å². The molecule has 5 nitrogen and oxygen atoms in total. The van der Waals surface area contributed by atoms with Crippen molar-refractivity contribution in [3.63, 3.8) is 0 Å². The topological polar surface area (TPSA) is 74.2 Å². The summed E-state index contributed by atoms with van der Waals surface area (Å²) in [4.78, 5) is 15.9. The number of rotatable bonds is 5. The number of hydrogen-bond acceptors (Lipinski definition) is 4. The number of carbonyl (C=O) groups excluding carboxylic acids is 1. The van der Waals surface area contributed by atoms with Gasteiger partial charge in [-0.1, -0.05) is 29.8 Å². The molecule has 21 heavy (non-hydrogen) atoms. The summed E-state index contributed by atoms with van der Waals surface area (Å²) >= 11 is 1.55. The molecule has 2 rings (SSSR count). The van der Waals surface area contributed by atoms with Gasteiger partial charge in [0.05, 0.1) is 23.4 Å². The van der Waals surface area contributed by atoms with E-state index < -0.39 is 6.10 Å². The Morgan fingerprint density at radius 2 is 2.00 bits per heavy atom. The summed E-state index contributed by atoms with van der Waals surface area (Å²) < 4.78 is 0. The molecule has 0 spiro atoms. The van der Waals surface area contributed by atoms with Crippen molar-refractivity contribution in [2.45, 2.75) is 26.5 Å². The molecule has 1 atom stereocenters. The molecule has 0 fully saturated rings. The Kier molecular flexibility index (Phi) is 5.30. The molecule has 0 aliphatic heterocycles. The largest absolute Gasteiger partial charge is 0.387 e. The number of benzene rings is 1. The summed E-state index contributed by atoms with van der Waals surface area (Å²) in [6.07, 6.45) is -0.710. The molecule has 2 aromatic rings. The smallest absolute Gasteiger partial charge is 0.315 e. The van der Waals surface area contributed by atoms with Crippen molar-refractivity contribution >= 4 is 17.4 Å². The molecule has 0 bridgehead atoms. The zero-order chi connectivity index (χ0) is 15.2. The Morgan fingerprint density at radius 1 is 1.29 bits per heavy atom. The number of aliphatic hydroxyl groups is 1. The van der Waals surface area contributed by atoms with Crippen LogP contribution in [0.2, 0.25) is 0 Å². The predicted octanol–water partition coefficient (Wildman–Crippen LogP) is 2.29. The van der Waals surface area contributed by atoms with Gasteiger partial charge < -0.3 is 15.7 Å². The first-order valence-corrected chi connectivity index (χ1v) is 7.60. The normalized spacial score (nSPS) is 12.0. The van der Waals surface area contributed by atoms with Gasteiger partial charge in [0.15, 0.2) is 0 Å². The van der Waals surface area contributed by atoms with E-state index in [0.29, 0.717) is 6.54 Å². The number of urea groups is 1. The van der Waals surface area contributed by atoms with Crippen LogP contribution in [0.3, 0.4) is 0 Å². The van der Waals surface area contributed by atoms with Crippen LogP contribution in [0.25, 0.3) is 0 Å². The lowest BCUT2D eigenvalue weighted by atomic mass is 10.1. The van der Waals surface area contributed by atoms with Crippen molar-refractivity contribution < 1.29 is 9.90 Å². The van der Waals surface area contributed by atoms with Crippen molar-refractivity contribution in [3.05, 3.63) is 51.5 Å². The number of aryl methyl sites for hydroxylation is 2. The van der Waals surface area contributed by atoms with Crippen LogP contribution in [0.15, 0.2) is 29.6 Å². The second kappa shape index (κ2) is 7.19. The van der Waals surface area contributed by atoms with Gasteiger partial charge in [-0.15, -0.1) is 11.3 Å². The predicted molar refractivity (Wildman–Crippen MR) is 83.2 cm³/mol. The van der Waals surface area contributed by atoms with Crippen LogP contribution in [0.4, 0.5) is 4.79 Å². The van der Waals surface area contributed by atoms with Gasteiger partial charge in [0.2, 0.25) is 0 Å². The molecule has 2 amide bonds. The van der Waals surface area contributed by atoms with Gasteiger partial charge in [-0.05, 0) is 19.4 Å². The first-order valence-electron chi connectivity index (χ1n) is 6.72. The van der Waals surface area contributed by atoms with E-state index in [2.05, 4.69) is 15.6 Å². The molecular weight excluding hydrogens is 286 g/mol. The van der Waals surface area contributed by atoms with Crippen LogP contribution < -0.4 is 10.6 Å². The molecule has 1 aromatic heterocycles. The number of thiazole rings is 1. The number of carbonyl (C=O) groups is 1. The van der Waals surface area contributed by atoms with E-state index in [4.69, 9.17) is 0 Å². The number of nitrogens with one attached hydrogen (secondary N) is 2. The average Bonchev–Trinajstić information content (AvgIpc) is 2.89. The summed E-state index contributed by atoms with van der Waals surface area (Å²) in [5.41, 5.74) is 2.76. The number of aliphatic hydroxyl groups excluding tert-OH is 1. The molecule has 0 aliphatic carbocycles. The first kappa shape index (κ1) is 15.5. The monoisotopic (exact) mass is 305 g/mol. The van der Waals surface area contributed by atoms with Crippen molar-refractivity contribution in [2.75, 3.05) is 6.54 Å². The molecule has 0 saturated heterocycles. The fourth-order valence-corrected chi connectivity index (χ4v) is 2.43. The lowest BCUT2D eigenvalue weighted by molar-refractivity contribution is 0.173. The van der Waals surface area contributed by atoms with Crippen LogP contribution in [-0.4, -0.2) is 22.7 Å². The van der Waals surface area contributed by atoms with E-state index in [1.165, 1.54) is 0 Å². The molecular formula is C15H19N3O2S. The first-order chi connectivity index (χ1) is 10.0. The highest BCUT2D eigenvalue weighted by atomic mass is 32.1. The van der Waals surface area contributed by atoms with E-state index >= 15 is 0 Å². The summed E-state index contributed by atoms with van der Waals surface area (Å²) in [5, 5.41) is 18.2. The van der Waals surface area contributed by atoms with Gasteiger partial charge in [0.25, 0.3) is 0 Å². The second-order valence-electron chi connectivity index (χ2n) is 4.85. The number of amides is 2. The third-order valence-electron chi connectivity index (χ3n) is 3.01. The molecule has 6 heteroatoms. The third kappa shape index (κ3) is 4.84. The summed E-state index contributed by atoms with van der Waals surface area (Å²) in [6.45, 7) is 4.47. The Labute approximate surface area is 128 Å². The Morgan fingerprint density at radius 3 is 2.62 bits per heavy atom. The second-order valence-corrected chi connectivity index (χ2v) is 5.91. The maximum Gasteiger partial charge on any atom is 0.315 e. The highest BCUT2D eigenvalue weighted by molar-refractivity contribution is 7.09. The highest BCUT2D eigenvalue weighted by Crippen LogP contribution is 2.12. The van der Waals surface area contributed by atoms with Gasteiger partial charge >= 0.3 is 6.03 Å². The van der Waals surface area contributed by atoms with Gasteiger partial charge in [0, 0.05) is 11.9 Å². The SMILES string of the molecule is Cc1ccc([C@@H](O)CNC(=O)NCc2csc(C)n2)cc1. The van der Waals surface area contributed by atoms with E-state index in [9.17, 15) is 9.90 Å². The Hall–Kier alpha value is -1.92. The molecule has 0 aliphatic rings. The van der Waals surface area contributed by atoms with Crippen molar-refractivity contribution in [2.24, 2.45) is 0 Å². The molecule has 1 heterocycles. The van der Waals surface area contributed by atoms with Crippen LogP contribution >= 0.6 is 11.3 Å². The summed E-state index contributed by atoms with van der Waals surface area (Å²) in [5.74, 6) is 0. The maximum absolute atomic E-state index is 11.7.